The first-order valence-corrected chi connectivity index (χ1v) is 13.4. The molecule has 4 bridgehead atoms. The van der Waals surface area contributed by atoms with Crippen LogP contribution in [-0.4, -0.2) is 27.8 Å². The quantitative estimate of drug-likeness (QED) is 0.319. The fourth-order valence-corrected chi connectivity index (χ4v) is 7.19. The van der Waals surface area contributed by atoms with Crippen molar-refractivity contribution in [2.75, 3.05) is 5.32 Å². The topological polar surface area (TPSA) is 86.9 Å². The molecule has 0 unspecified atom stereocenters. The number of hydrogen-bond acceptors (Lipinski definition) is 3. The lowest BCUT2D eigenvalue weighted by atomic mass is 9.54. The van der Waals surface area contributed by atoms with Gasteiger partial charge in [-0.25, -0.2) is 4.98 Å². The highest BCUT2D eigenvalue weighted by Crippen LogP contribution is 2.53. The van der Waals surface area contributed by atoms with Crippen molar-refractivity contribution in [3.8, 4) is 11.4 Å². The minimum absolute atomic E-state index is 0.0223. The van der Waals surface area contributed by atoms with Crippen LogP contribution < -0.4 is 10.6 Å². The van der Waals surface area contributed by atoms with Crippen LogP contribution in [0.15, 0.2) is 72.8 Å². The minimum Gasteiger partial charge on any atom is -0.349 e. The van der Waals surface area contributed by atoms with Gasteiger partial charge in [0.05, 0.1) is 11.0 Å². The number of H-pyrrole nitrogens is 1. The Balaban J connectivity index is 1.05. The van der Waals surface area contributed by atoms with Crippen LogP contribution in [0.4, 0.5) is 5.69 Å². The summed E-state index contributed by atoms with van der Waals surface area (Å²) in [6, 6.07) is 22.8. The number of aromatic nitrogens is 2. The molecule has 4 fully saturated rings. The molecule has 0 spiro atoms. The number of hydrogen-bond donors (Lipinski definition) is 3. The van der Waals surface area contributed by atoms with Crippen molar-refractivity contribution in [1.29, 1.82) is 0 Å². The van der Waals surface area contributed by atoms with Gasteiger partial charge in [0, 0.05) is 28.4 Å². The molecular weight excluding hydrogens is 460 g/mol. The summed E-state index contributed by atoms with van der Waals surface area (Å²) in [6.07, 6.45) is 6.56. The summed E-state index contributed by atoms with van der Waals surface area (Å²) in [4.78, 5) is 33.7. The Kier molecular flexibility index (Phi) is 5.34. The van der Waals surface area contributed by atoms with Crippen molar-refractivity contribution in [3.05, 3.63) is 83.9 Å². The Morgan fingerprint density at radius 1 is 0.757 bits per heavy atom. The lowest BCUT2D eigenvalue weighted by molar-refractivity contribution is -0.0119. The SMILES string of the molecule is O=C(Nc1ccc(-c2nc3ccc(C(=O)NC4C5CC6CC(C5)CC4C6)cc3[nH]2)cc1)c1ccccc1. The molecule has 0 radical (unpaired) electrons. The van der Waals surface area contributed by atoms with Gasteiger partial charge in [0.25, 0.3) is 11.8 Å². The first kappa shape index (κ1) is 22.3. The number of aromatic amines is 1. The first-order chi connectivity index (χ1) is 18.1. The number of nitrogens with one attached hydrogen (secondary N) is 3. The molecule has 6 heteroatoms. The third-order valence-corrected chi connectivity index (χ3v) is 8.72. The highest BCUT2D eigenvalue weighted by molar-refractivity contribution is 6.04. The molecule has 1 heterocycles. The van der Waals surface area contributed by atoms with E-state index < -0.39 is 0 Å². The van der Waals surface area contributed by atoms with Crippen LogP contribution >= 0.6 is 0 Å². The highest BCUT2D eigenvalue weighted by Gasteiger charge is 2.48. The molecule has 3 N–H and O–H groups in total. The molecule has 186 valence electrons. The second kappa shape index (κ2) is 8.87. The number of carbonyl (C=O) groups is 2. The van der Waals surface area contributed by atoms with Crippen molar-refractivity contribution in [2.45, 2.75) is 38.1 Å². The van der Waals surface area contributed by atoms with E-state index in [0.29, 0.717) is 29.0 Å². The summed E-state index contributed by atoms with van der Waals surface area (Å²) in [5.74, 6) is 3.71. The van der Waals surface area contributed by atoms with Gasteiger partial charge in [0.2, 0.25) is 0 Å². The van der Waals surface area contributed by atoms with Gasteiger partial charge in [0.15, 0.2) is 0 Å². The van der Waals surface area contributed by atoms with Gasteiger partial charge in [-0.05, 0) is 110 Å². The fraction of sp³-hybridized carbons (Fsp3) is 0.323. The smallest absolute Gasteiger partial charge is 0.255 e. The van der Waals surface area contributed by atoms with Crippen LogP contribution in [0.2, 0.25) is 0 Å². The normalized spacial score (nSPS) is 25.8. The Hall–Kier alpha value is -3.93. The minimum atomic E-state index is -0.142. The largest absolute Gasteiger partial charge is 0.349 e. The Labute approximate surface area is 215 Å². The van der Waals surface area contributed by atoms with Crippen LogP contribution in [0, 0.1) is 23.7 Å². The van der Waals surface area contributed by atoms with Crippen LogP contribution in [0.1, 0.15) is 52.8 Å². The molecule has 4 saturated carbocycles. The average molecular weight is 491 g/mol. The van der Waals surface area contributed by atoms with Crippen molar-refractivity contribution in [3.63, 3.8) is 0 Å². The van der Waals surface area contributed by atoms with Crippen LogP contribution in [0.25, 0.3) is 22.4 Å². The van der Waals surface area contributed by atoms with Gasteiger partial charge in [0.1, 0.15) is 5.82 Å². The lowest BCUT2D eigenvalue weighted by Crippen LogP contribution is -2.55. The predicted octanol–water partition coefficient (Wildman–Crippen LogP) is 6.04. The van der Waals surface area contributed by atoms with Crippen LogP contribution in [0.3, 0.4) is 0 Å². The Morgan fingerprint density at radius 2 is 1.46 bits per heavy atom. The number of benzene rings is 3. The van der Waals surface area contributed by atoms with Crippen molar-refractivity contribution in [1.82, 2.24) is 15.3 Å². The van der Waals surface area contributed by atoms with Gasteiger partial charge >= 0.3 is 0 Å². The van der Waals surface area contributed by atoms with Gasteiger partial charge in [-0.15, -0.1) is 0 Å². The molecule has 3 aromatic carbocycles. The molecular formula is C31H30N4O2. The summed E-state index contributed by atoms with van der Waals surface area (Å²) in [6.45, 7) is 0. The van der Waals surface area contributed by atoms with Crippen molar-refractivity contribution < 1.29 is 9.59 Å². The van der Waals surface area contributed by atoms with Crippen LogP contribution in [-0.2, 0) is 0 Å². The maximum absolute atomic E-state index is 13.2. The number of fused-ring (bicyclic) bond motifs is 1. The van der Waals surface area contributed by atoms with E-state index in [0.717, 1.165) is 39.9 Å². The first-order valence-electron chi connectivity index (χ1n) is 13.4. The number of rotatable bonds is 5. The van der Waals surface area contributed by atoms with Gasteiger partial charge in [-0.1, -0.05) is 18.2 Å². The summed E-state index contributed by atoms with van der Waals surface area (Å²) in [5.41, 5.74) is 4.59. The maximum atomic E-state index is 13.2. The summed E-state index contributed by atoms with van der Waals surface area (Å²) in [7, 11) is 0. The zero-order chi connectivity index (χ0) is 24.9. The van der Waals surface area contributed by atoms with E-state index in [1.165, 1.54) is 32.1 Å². The monoisotopic (exact) mass is 490 g/mol. The second-order valence-corrected chi connectivity index (χ2v) is 11.1. The van der Waals surface area contributed by atoms with Crippen molar-refractivity contribution in [2.24, 2.45) is 23.7 Å². The molecule has 2 amide bonds. The third kappa shape index (κ3) is 4.20. The highest BCUT2D eigenvalue weighted by atomic mass is 16.2. The van der Waals surface area contributed by atoms with E-state index in [1.54, 1.807) is 12.1 Å². The van der Waals surface area contributed by atoms with Crippen LogP contribution in [0.5, 0.6) is 0 Å². The fourth-order valence-electron chi connectivity index (χ4n) is 7.19. The maximum Gasteiger partial charge on any atom is 0.255 e. The Bertz CT molecular complexity index is 1450. The molecule has 37 heavy (non-hydrogen) atoms. The lowest BCUT2D eigenvalue weighted by Gasteiger charge is -2.54. The van der Waals surface area contributed by atoms with E-state index in [9.17, 15) is 9.59 Å². The number of carbonyl (C=O) groups excluding carboxylic acids is 2. The van der Waals surface area contributed by atoms with Gasteiger partial charge in [-0.3, -0.25) is 9.59 Å². The predicted molar refractivity (Wildman–Crippen MR) is 144 cm³/mol. The van der Waals surface area contributed by atoms with E-state index in [-0.39, 0.29) is 11.8 Å². The zero-order valence-corrected chi connectivity index (χ0v) is 20.6. The molecule has 6 nitrogen and oxygen atoms in total. The number of amides is 2. The van der Waals surface area contributed by atoms with E-state index in [1.807, 2.05) is 60.7 Å². The molecule has 8 rings (SSSR count). The third-order valence-electron chi connectivity index (χ3n) is 8.72. The van der Waals surface area contributed by atoms with E-state index >= 15 is 0 Å². The molecule has 0 saturated heterocycles. The molecule has 4 aromatic rings. The van der Waals surface area contributed by atoms with E-state index in [4.69, 9.17) is 4.98 Å². The summed E-state index contributed by atoms with van der Waals surface area (Å²) >= 11 is 0. The molecule has 0 aliphatic heterocycles. The van der Waals surface area contributed by atoms with Gasteiger partial charge in [-0.2, -0.15) is 0 Å². The van der Waals surface area contributed by atoms with Gasteiger partial charge < -0.3 is 15.6 Å². The number of imidazole rings is 1. The average Bonchev–Trinajstić information content (AvgIpc) is 3.35. The number of nitrogens with zero attached hydrogens (tertiary/aromatic N) is 1. The number of anilines is 1. The zero-order valence-electron chi connectivity index (χ0n) is 20.6. The molecule has 4 aliphatic carbocycles. The van der Waals surface area contributed by atoms with E-state index in [2.05, 4.69) is 15.6 Å². The standard InChI is InChI=1S/C31H30N4O2/c36-30(21-4-2-1-3-5-21)32-25-9-6-20(7-10-25)29-33-26-11-8-22(17-27(26)34-29)31(37)35-28-23-13-18-12-19(15-23)16-24(28)14-18/h1-11,17-19,23-24,28H,12-16H2,(H,32,36)(H,33,34)(H,35,37). The summed E-state index contributed by atoms with van der Waals surface area (Å²) in [5, 5.41) is 6.33. The molecule has 0 atom stereocenters. The van der Waals surface area contributed by atoms with Crippen molar-refractivity contribution >= 4 is 28.5 Å². The summed E-state index contributed by atoms with van der Waals surface area (Å²) < 4.78 is 0. The molecule has 1 aromatic heterocycles. The Morgan fingerprint density at radius 3 is 2.16 bits per heavy atom. The second-order valence-electron chi connectivity index (χ2n) is 11.1. The molecule has 4 aliphatic rings.